The topological polar surface area (TPSA) is 81.0 Å². The van der Waals surface area contributed by atoms with Crippen LogP contribution in [0, 0.1) is 23.2 Å². The van der Waals surface area contributed by atoms with Gasteiger partial charge in [-0.05, 0) is 11.5 Å². The van der Waals surface area contributed by atoms with E-state index in [2.05, 4.69) is 0 Å². The Morgan fingerprint density at radius 2 is 1.90 bits per heavy atom. The third-order valence-corrected chi connectivity index (χ3v) is 5.26. The van der Waals surface area contributed by atoms with Gasteiger partial charge in [-0.3, -0.25) is 4.79 Å². The fourth-order valence-corrected chi connectivity index (χ4v) is 4.24. The number of benzene rings is 1. The summed E-state index contributed by atoms with van der Waals surface area (Å²) in [6.07, 6.45) is -1.84. The molecule has 3 N–H and O–H groups in total. The number of piperidine rings is 1. The standard InChI is InChI=1S/C16H21NO4/c1-9(2)16-11(12(16)14(19)20)13(18)17(15(16)21)8-10-6-4-3-5-7-10/h3-7,9,11-13,15,18,21H,8H2,1-2H3,(H,19,20). The van der Waals surface area contributed by atoms with E-state index in [0.29, 0.717) is 6.54 Å². The van der Waals surface area contributed by atoms with Gasteiger partial charge in [-0.2, -0.15) is 0 Å². The molecule has 1 heterocycles. The first-order valence-electron chi connectivity index (χ1n) is 7.31. The normalized spacial score (nSPS) is 38.5. The first kappa shape index (κ1) is 14.5. The van der Waals surface area contributed by atoms with Crippen LogP contribution in [0.4, 0.5) is 0 Å². The van der Waals surface area contributed by atoms with Gasteiger partial charge in [0.05, 0.1) is 5.92 Å². The van der Waals surface area contributed by atoms with Crippen LogP contribution < -0.4 is 0 Å². The van der Waals surface area contributed by atoms with E-state index in [1.165, 1.54) is 0 Å². The van der Waals surface area contributed by atoms with Gasteiger partial charge in [0.2, 0.25) is 0 Å². The zero-order valence-corrected chi connectivity index (χ0v) is 12.2. The summed E-state index contributed by atoms with van der Waals surface area (Å²) in [5.74, 6) is -1.98. The summed E-state index contributed by atoms with van der Waals surface area (Å²) in [6, 6.07) is 9.58. The molecule has 0 bridgehead atoms. The van der Waals surface area contributed by atoms with E-state index < -0.39 is 35.7 Å². The monoisotopic (exact) mass is 291 g/mol. The van der Waals surface area contributed by atoms with E-state index >= 15 is 0 Å². The molecule has 2 aliphatic rings. The number of aliphatic hydroxyl groups is 2. The molecule has 114 valence electrons. The number of hydrogen-bond acceptors (Lipinski definition) is 4. The minimum atomic E-state index is -0.932. The Balaban J connectivity index is 1.86. The predicted octanol–water partition coefficient (Wildman–Crippen LogP) is 1.11. The Hall–Kier alpha value is -1.43. The van der Waals surface area contributed by atoms with Gasteiger partial charge in [-0.15, -0.1) is 0 Å². The van der Waals surface area contributed by atoms with E-state index in [4.69, 9.17) is 0 Å². The van der Waals surface area contributed by atoms with E-state index in [1.54, 1.807) is 4.90 Å². The van der Waals surface area contributed by atoms with Crippen LogP contribution in [0.3, 0.4) is 0 Å². The molecule has 5 unspecified atom stereocenters. The second-order valence-corrected chi connectivity index (χ2v) is 6.44. The molecule has 2 fully saturated rings. The smallest absolute Gasteiger partial charge is 0.307 e. The third-order valence-electron chi connectivity index (χ3n) is 5.26. The molecule has 1 aromatic rings. The lowest BCUT2D eigenvalue weighted by molar-refractivity contribution is -0.150. The average molecular weight is 291 g/mol. The maximum absolute atomic E-state index is 11.4. The fourth-order valence-electron chi connectivity index (χ4n) is 4.24. The molecular weight excluding hydrogens is 270 g/mol. The Bertz CT molecular complexity index is 546. The molecule has 5 atom stereocenters. The second kappa shape index (κ2) is 4.80. The molecule has 0 radical (unpaired) electrons. The molecule has 1 saturated carbocycles. The van der Waals surface area contributed by atoms with Gasteiger partial charge in [-0.25, -0.2) is 4.90 Å². The van der Waals surface area contributed by atoms with Crippen molar-refractivity contribution in [2.75, 3.05) is 0 Å². The molecule has 1 saturated heterocycles. The van der Waals surface area contributed by atoms with Crippen LogP contribution >= 0.6 is 0 Å². The minimum absolute atomic E-state index is 0.00553. The van der Waals surface area contributed by atoms with Crippen LogP contribution in [0.25, 0.3) is 0 Å². The molecule has 5 nitrogen and oxygen atoms in total. The molecular formula is C16H21NO4. The van der Waals surface area contributed by atoms with Gasteiger partial charge in [0.25, 0.3) is 0 Å². The molecule has 1 aromatic carbocycles. The summed E-state index contributed by atoms with van der Waals surface area (Å²) in [6.45, 7) is 4.25. The highest BCUT2D eigenvalue weighted by Crippen LogP contribution is 2.71. The van der Waals surface area contributed by atoms with Crippen molar-refractivity contribution in [1.82, 2.24) is 4.90 Å². The molecule has 3 rings (SSSR count). The second-order valence-electron chi connectivity index (χ2n) is 6.44. The van der Waals surface area contributed by atoms with Crippen LogP contribution in [0.1, 0.15) is 19.4 Å². The van der Waals surface area contributed by atoms with Crippen molar-refractivity contribution in [2.24, 2.45) is 23.2 Å². The molecule has 21 heavy (non-hydrogen) atoms. The van der Waals surface area contributed by atoms with Gasteiger partial charge in [0.15, 0.2) is 0 Å². The number of aliphatic carboxylic acids is 1. The molecule has 0 amide bonds. The summed E-state index contributed by atoms with van der Waals surface area (Å²) in [4.78, 5) is 13.0. The van der Waals surface area contributed by atoms with Crippen molar-refractivity contribution >= 4 is 5.97 Å². The van der Waals surface area contributed by atoms with Gasteiger partial charge in [-0.1, -0.05) is 44.2 Å². The number of nitrogens with zero attached hydrogens (tertiary/aromatic N) is 1. The minimum Gasteiger partial charge on any atom is -0.481 e. The van der Waals surface area contributed by atoms with Crippen molar-refractivity contribution in [1.29, 1.82) is 0 Å². The van der Waals surface area contributed by atoms with Crippen LogP contribution in [-0.4, -0.2) is 38.6 Å². The Morgan fingerprint density at radius 3 is 2.38 bits per heavy atom. The zero-order chi connectivity index (χ0) is 15.4. The SMILES string of the molecule is CC(C)C12C(C(=O)O)C1C(O)N(Cc1ccccc1)C2O. The van der Waals surface area contributed by atoms with E-state index in [9.17, 15) is 20.1 Å². The molecule has 1 aliphatic carbocycles. The van der Waals surface area contributed by atoms with Crippen molar-refractivity contribution in [3.63, 3.8) is 0 Å². The van der Waals surface area contributed by atoms with Crippen molar-refractivity contribution < 1.29 is 20.1 Å². The highest BCUT2D eigenvalue weighted by atomic mass is 16.4. The lowest BCUT2D eigenvalue weighted by Gasteiger charge is -2.33. The lowest BCUT2D eigenvalue weighted by Crippen LogP contribution is -2.45. The van der Waals surface area contributed by atoms with E-state index in [-0.39, 0.29) is 5.92 Å². The lowest BCUT2D eigenvalue weighted by atomic mass is 9.87. The highest BCUT2D eigenvalue weighted by molar-refractivity contribution is 5.77. The molecule has 0 aromatic heterocycles. The maximum atomic E-state index is 11.4. The first-order chi connectivity index (χ1) is 9.92. The number of rotatable bonds is 4. The van der Waals surface area contributed by atoms with Crippen molar-refractivity contribution in [3.05, 3.63) is 35.9 Å². The summed E-state index contributed by atoms with van der Waals surface area (Å²) in [5.41, 5.74) is 0.253. The summed E-state index contributed by atoms with van der Waals surface area (Å²) < 4.78 is 0. The number of likely N-dealkylation sites (tertiary alicyclic amines) is 1. The summed E-state index contributed by atoms with van der Waals surface area (Å²) in [7, 11) is 0. The predicted molar refractivity (Wildman–Crippen MR) is 75.9 cm³/mol. The molecule has 5 heteroatoms. The summed E-state index contributed by atoms with van der Waals surface area (Å²) in [5, 5.41) is 30.5. The number of carboxylic acids is 1. The van der Waals surface area contributed by atoms with Gasteiger partial charge >= 0.3 is 5.97 Å². The number of carbonyl (C=O) groups is 1. The zero-order valence-electron chi connectivity index (χ0n) is 12.2. The Labute approximate surface area is 123 Å². The van der Waals surface area contributed by atoms with Gasteiger partial charge < -0.3 is 15.3 Å². The summed E-state index contributed by atoms with van der Waals surface area (Å²) >= 11 is 0. The van der Waals surface area contributed by atoms with Crippen LogP contribution in [0.15, 0.2) is 30.3 Å². The average Bonchev–Trinajstić information content (AvgIpc) is 3.11. The molecule has 1 aliphatic heterocycles. The number of carboxylic acid groups (broad SMARTS) is 1. The number of hydrogen-bond donors (Lipinski definition) is 3. The van der Waals surface area contributed by atoms with E-state index in [1.807, 2.05) is 44.2 Å². The quantitative estimate of drug-likeness (QED) is 0.774. The van der Waals surface area contributed by atoms with Crippen LogP contribution in [0.5, 0.6) is 0 Å². The van der Waals surface area contributed by atoms with E-state index in [0.717, 1.165) is 5.56 Å². The van der Waals surface area contributed by atoms with Crippen LogP contribution in [0.2, 0.25) is 0 Å². The van der Waals surface area contributed by atoms with Gasteiger partial charge in [0.1, 0.15) is 12.5 Å². The van der Waals surface area contributed by atoms with Crippen molar-refractivity contribution in [2.45, 2.75) is 32.8 Å². The first-order valence-corrected chi connectivity index (χ1v) is 7.31. The fraction of sp³-hybridized carbons (Fsp3) is 0.562. The van der Waals surface area contributed by atoms with Crippen molar-refractivity contribution in [3.8, 4) is 0 Å². The largest absolute Gasteiger partial charge is 0.481 e. The third kappa shape index (κ3) is 1.84. The Morgan fingerprint density at radius 1 is 1.29 bits per heavy atom. The highest BCUT2D eigenvalue weighted by Gasteiger charge is 2.81. The number of fused-ring (bicyclic) bond motifs is 1. The van der Waals surface area contributed by atoms with Crippen LogP contribution in [-0.2, 0) is 11.3 Å². The van der Waals surface area contributed by atoms with Gasteiger partial charge in [0, 0.05) is 17.9 Å². The maximum Gasteiger partial charge on any atom is 0.307 e. The number of aliphatic hydroxyl groups excluding tert-OH is 2. The Kier molecular flexibility index (Phi) is 3.31. The molecule has 0 spiro atoms.